The minimum Gasteiger partial charge on any atom is -0.481 e. The van der Waals surface area contributed by atoms with Crippen molar-refractivity contribution in [2.45, 2.75) is 18.9 Å². The van der Waals surface area contributed by atoms with Gasteiger partial charge in [-0.25, -0.2) is 0 Å². The predicted octanol–water partition coefficient (Wildman–Crippen LogP) is 2.80. The third kappa shape index (κ3) is 3.70. The fourth-order valence-corrected chi connectivity index (χ4v) is 2.76. The van der Waals surface area contributed by atoms with Gasteiger partial charge in [-0.3, -0.25) is 9.78 Å². The fourth-order valence-electron chi connectivity index (χ4n) is 2.76. The lowest BCUT2D eigenvalue weighted by atomic mass is 10.0. The molecule has 128 valence electrons. The molecule has 0 saturated carbocycles. The molecule has 3 rings (SSSR count). The van der Waals surface area contributed by atoms with Gasteiger partial charge in [-0.1, -0.05) is 24.3 Å². The molecule has 25 heavy (non-hydrogen) atoms. The predicted molar refractivity (Wildman–Crippen MR) is 97.8 cm³/mol. The summed E-state index contributed by atoms with van der Waals surface area (Å²) in [6, 6.07) is 7.87. The number of carbonyl (C=O) groups is 1. The standard InChI is InChI=1S/C19H19N3O3/c20-10-13(1-3-14(23)4-6-19(24)25)12-2-5-15-16-11-21-8-7-17(16)22-18(15)9-12/h1-3,5,7-11,14,22-23H,4,6,20H2,(H,24,25)/b3-1-,13-10+. The number of pyridine rings is 1. The second kappa shape index (κ2) is 7.19. The van der Waals surface area contributed by atoms with E-state index in [2.05, 4.69) is 9.97 Å². The summed E-state index contributed by atoms with van der Waals surface area (Å²) in [6.07, 6.45) is 7.55. The zero-order chi connectivity index (χ0) is 17.8. The van der Waals surface area contributed by atoms with Crippen molar-refractivity contribution in [3.8, 4) is 0 Å². The van der Waals surface area contributed by atoms with Crippen molar-refractivity contribution < 1.29 is 15.0 Å². The highest BCUT2D eigenvalue weighted by atomic mass is 16.4. The number of carboxylic acids is 1. The van der Waals surface area contributed by atoms with E-state index >= 15 is 0 Å². The first kappa shape index (κ1) is 16.7. The summed E-state index contributed by atoms with van der Waals surface area (Å²) in [5.74, 6) is -0.930. The average molecular weight is 337 g/mol. The maximum absolute atomic E-state index is 10.5. The smallest absolute Gasteiger partial charge is 0.303 e. The zero-order valence-corrected chi connectivity index (χ0v) is 13.5. The number of fused-ring (bicyclic) bond motifs is 3. The van der Waals surface area contributed by atoms with Crippen LogP contribution in [0.25, 0.3) is 27.4 Å². The van der Waals surface area contributed by atoms with Crippen LogP contribution in [0.5, 0.6) is 0 Å². The first-order valence-electron chi connectivity index (χ1n) is 7.94. The molecule has 2 aromatic heterocycles. The number of H-pyrrole nitrogens is 1. The number of hydrogen-bond acceptors (Lipinski definition) is 4. The van der Waals surface area contributed by atoms with E-state index in [0.29, 0.717) is 0 Å². The van der Waals surface area contributed by atoms with Gasteiger partial charge in [-0.15, -0.1) is 0 Å². The van der Waals surface area contributed by atoms with Crippen molar-refractivity contribution in [3.63, 3.8) is 0 Å². The van der Waals surface area contributed by atoms with Crippen molar-refractivity contribution in [2.75, 3.05) is 0 Å². The van der Waals surface area contributed by atoms with Crippen LogP contribution in [0.3, 0.4) is 0 Å². The number of nitrogens with two attached hydrogens (primary N) is 1. The van der Waals surface area contributed by atoms with Gasteiger partial charge in [0.05, 0.1) is 6.10 Å². The van der Waals surface area contributed by atoms with Crippen molar-refractivity contribution in [2.24, 2.45) is 5.73 Å². The third-order valence-corrected chi connectivity index (χ3v) is 4.06. The lowest BCUT2D eigenvalue weighted by Crippen LogP contribution is -2.06. The van der Waals surface area contributed by atoms with Crippen LogP contribution in [-0.2, 0) is 4.79 Å². The first-order valence-corrected chi connectivity index (χ1v) is 7.94. The van der Waals surface area contributed by atoms with Gasteiger partial charge in [-0.05, 0) is 29.7 Å². The number of allylic oxidation sites excluding steroid dienone is 2. The zero-order valence-electron chi connectivity index (χ0n) is 13.5. The van der Waals surface area contributed by atoms with Gasteiger partial charge >= 0.3 is 5.97 Å². The number of nitrogens with one attached hydrogen (secondary N) is 1. The summed E-state index contributed by atoms with van der Waals surface area (Å²) in [5.41, 5.74) is 9.35. The summed E-state index contributed by atoms with van der Waals surface area (Å²) in [7, 11) is 0. The number of nitrogens with zero attached hydrogens (tertiary/aromatic N) is 1. The van der Waals surface area contributed by atoms with E-state index in [9.17, 15) is 9.90 Å². The summed E-state index contributed by atoms with van der Waals surface area (Å²) < 4.78 is 0. The van der Waals surface area contributed by atoms with Crippen LogP contribution in [0.4, 0.5) is 0 Å². The van der Waals surface area contributed by atoms with Crippen LogP contribution in [-0.4, -0.2) is 32.3 Å². The van der Waals surface area contributed by atoms with Crippen molar-refractivity contribution in [1.29, 1.82) is 0 Å². The number of hydrogen-bond donors (Lipinski definition) is 4. The molecule has 0 aliphatic carbocycles. The molecule has 3 aromatic rings. The van der Waals surface area contributed by atoms with Crippen LogP contribution in [0.1, 0.15) is 18.4 Å². The highest BCUT2D eigenvalue weighted by Crippen LogP contribution is 2.27. The van der Waals surface area contributed by atoms with Crippen LogP contribution < -0.4 is 5.73 Å². The van der Waals surface area contributed by atoms with E-state index in [-0.39, 0.29) is 12.8 Å². The van der Waals surface area contributed by atoms with E-state index in [1.807, 2.05) is 30.5 Å². The van der Waals surface area contributed by atoms with Gasteiger partial charge in [0.2, 0.25) is 0 Å². The van der Waals surface area contributed by atoms with Gasteiger partial charge < -0.3 is 20.9 Å². The lowest BCUT2D eigenvalue weighted by Gasteiger charge is -2.05. The Balaban J connectivity index is 1.86. The minimum absolute atomic E-state index is 0.0811. The quantitative estimate of drug-likeness (QED) is 0.517. The maximum Gasteiger partial charge on any atom is 0.303 e. The number of carboxylic acid groups (broad SMARTS) is 1. The van der Waals surface area contributed by atoms with Gasteiger partial charge in [-0.2, -0.15) is 0 Å². The normalized spacial score (nSPS) is 13.7. The van der Waals surface area contributed by atoms with E-state index in [0.717, 1.165) is 32.9 Å². The number of aromatic nitrogens is 2. The molecule has 0 aliphatic rings. The molecule has 5 N–H and O–H groups in total. The highest BCUT2D eigenvalue weighted by molar-refractivity contribution is 6.07. The van der Waals surface area contributed by atoms with Crippen LogP contribution in [0, 0.1) is 0 Å². The molecule has 0 amide bonds. The fraction of sp³-hybridized carbons (Fsp3) is 0.158. The Labute approximate surface area is 144 Å². The number of aliphatic hydroxyl groups is 1. The SMILES string of the molecule is N/C=C(\C=C/C(O)CCC(=O)O)c1ccc2c(c1)[nH]c1ccncc12. The molecule has 0 saturated heterocycles. The van der Waals surface area contributed by atoms with Crippen molar-refractivity contribution in [1.82, 2.24) is 9.97 Å². The van der Waals surface area contributed by atoms with Crippen LogP contribution >= 0.6 is 0 Å². The maximum atomic E-state index is 10.5. The number of benzene rings is 1. The highest BCUT2D eigenvalue weighted by Gasteiger charge is 2.07. The lowest BCUT2D eigenvalue weighted by molar-refractivity contribution is -0.137. The molecule has 1 unspecified atom stereocenters. The van der Waals surface area contributed by atoms with Crippen LogP contribution in [0.2, 0.25) is 0 Å². The molecule has 0 radical (unpaired) electrons. The third-order valence-electron chi connectivity index (χ3n) is 4.06. The molecular formula is C19H19N3O3. The molecule has 0 fully saturated rings. The Bertz CT molecular complexity index is 972. The van der Waals surface area contributed by atoms with Gasteiger partial charge in [0.1, 0.15) is 0 Å². The van der Waals surface area contributed by atoms with Gasteiger partial charge in [0.15, 0.2) is 0 Å². The Morgan fingerprint density at radius 1 is 1.28 bits per heavy atom. The van der Waals surface area contributed by atoms with E-state index in [1.165, 1.54) is 6.20 Å². The molecule has 6 heteroatoms. The topological polar surface area (TPSA) is 112 Å². The number of aliphatic carboxylic acids is 1. The second-order valence-electron chi connectivity index (χ2n) is 5.79. The summed E-state index contributed by atoms with van der Waals surface area (Å²) in [4.78, 5) is 18.0. The number of aromatic amines is 1. The Morgan fingerprint density at radius 2 is 2.12 bits per heavy atom. The first-order chi connectivity index (χ1) is 12.1. The monoisotopic (exact) mass is 337 g/mol. The minimum atomic E-state index is -0.930. The molecule has 1 aromatic carbocycles. The largest absolute Gasteiger partial charge is 0.481 e. The Kier molecular flexibility index (Phi) is 4.81. The summed E-state index contributed by atoms with van der Waals surface area (Å²) in [5, 5.41) is 20.6. The molecule has 6 nitrogen and oxygen atoms in total. The molecule has 0 bridgehead atoms. The Morgan fingerprint density at radius 3 is 2.88 bits per heavy atom. The Hall–Kier alpha value is -3.12. The summed E-state index contributed by atoms with van der Waals surface area (Å²) in [6.45, 7) is 0. The van der Waals surface area contributed by atoms with Gasteiger partial charge in [0, 0.05) is 46.8 Å². The van der Waals surface area contributed by atoms with E-state index in [4.69, 9.17) is 10.8 Å². The molecule has 2 heterocycles. The van der Waals surface area contributed by atoms with Crippen molar-refractivity contribution in [3.05, 3.63) is 60.6 Å². The number of rotatable bonds is 6. The number of aliphatic hydroxyl groups excluding tert-OH is 1. The van der Waals surface area contributed by atoms with Crippen molar-refractivity contribution >= 4 is 33.3 Å². The van der Waals surface area contributed by atoms with E-state index in [1.54, 1.807) is 18.3 Å². The molecule has 1 atom stereocenters. The van der Waals surface area contributed by atoms with E-state index < -0.39 is 12.1 Å². The van der Waals surface area contributed by atoms with Crippen LogP contribution in [0.15, 0.2) is 55.0 Å². The molecule has 0 spiro atoms. The average Bonchev–Trinajstić information content (AvgIpc) is 2.98. The second-order valence-corrected chi connectivity index (χ2v) is 5.79. The molecule has 0 aliphatic heterocycles. The molecular weight excluding hydrogens is 318 g/mol. The van der Waals surface area contributed by atoms with Gasteiger partial charge in [0.25, 0.3) is 0 Å². The summed E-state index contributed by atoms with van der Waals surface area (Å²) >= 11 is 0.